The van der Waals surface area contributed by atoms with Crippen LogP contribution in [0.4, 0.5) is 0 Å². The number of aliphatic carboxylic acids is 2. The van der Waals surface area contributed by atoms with E-state index in [4.69, 9.17) is 20.4 Å². The van der Waals surface area contributed by atoms with Crippen LogP contribution in [0.15, 0.2) is 12.1 Å². The van der Waals surface area contributed by atoms with Crippen molar-refractivity contribution in [2.45, 2.75) is 84.5 Å². The standard InChI is InChI=1S/C10H10O4.C8H12O4.C6H12/c1-5-3-4-7(9(11)12)6(2)8(5)10(13)14;9-6(10)8(7(11)12)4-2-1-3-5-8;1-2-4-6-5-3-1/h3-4H,1-2H3,(H,11,12)(H,13,14);1-5H2,(H,9,10)(H,11,12);1-6H2. The minimum atomic E-state index is -1.49. The summed E-state index contributed by atoms with van der Waals surface area (Å²) in [5, 5.41) is 35.2. The van der Waals surface area contributed by atoms with Gasteiger partial charge in [0.05, 0.1) is 11.1 Å². The summed E-state index contributed by atoms with van der Waals surface area (Å²) in [4.78, 5) is 43.0. The van der Waals surface area contributed by atoms with Gasteiger partial charge in [-0.05, 0) is 43.9 Å². The second-order valence-corrected chi connectivity index (χ2v) is 8.41. The number of hydrogen-bond acceptors (Lipinski definition) is 4. The first-order valence-corrected chi connectivity index (χ1v) is 11.1. The number of benzene rings is 1. The number of carboxylic acids is 4. The SMILES string of the molecule is C1CCCCC1.Cc1ccc(C(=O)O)c(C)c1C(=O)O.O=C(O)C1(C(=O)O)CCCCC1. The van der Waals surface area contributed by atoms with Gasteiger partial charge in [0.2, 0.25) is 0 Å². The predicted octanol–water partition coefficient (Wildman–Crippen LogP) is 5.15. The van der Waals surface area contributed by atoms with Crippen molar-refractivity contribution in [3.05, 3.63) is 34.4 Å². The maximum atomic E-state index is 10.8. The highest BCUT2D eigenvalue weighted by Gasteiger charge is 2.46. The average Bonchev–Trinajstić information content (AvgIpc) is 2.75. The molecule has 0 unspecified atom stereocenters. The van der Waals surface area contributed by atoms with E-state index in [-0.39, 0.29) is 24.0 Å². The average molecular weight is 451 g/mol. The monoisotopic (exact) mass is 450 g/mol. The third-order valence-corrected chi connectivity index (χ3v) is 6.14. The fraction of sp³-hybridized carbons (Fsp3) is 0.583. The van der Waals surface area contributed by atoms with Gasteiger partial charge in [0, 0.05) is 0 Å². The van der Waals surface area contributed by atoms with Crippen LogP contribution in [0, 0.1) is 19.3 Å². The molecule has 0 atom stereocenters. The molecule has 0 amide bonds. The van der Waals surface area contributed by atoms with Crippen LogP contribution < -0.4 is 0 Å². The maximum Gasteiger partial charge on any atom is 0.336 e. The molecule has 3 rings (SSSR count). The van der Waals surface area contributed by atoms with Crippen molar-refractivity contribution in [2.75, 3.05) is 0 Å². The van der Waals surface area contributed by atoms with Crippen molar-refractivity contribution >= 4 is 23.9 Å². The number of hydrogen-bond donors (Lipinski definition) is 4. The Balaban J connectivity index is 0.000000257. The second-order valence-electron chi connectivity index (χ2n) is 8.41. The van der Waals surface area contributed by atoms with Gasteiger partial charge in [0.1, 0.15) is 0 Å². The van der Waals surface area contributed by atoms with Gasteiger partial charge >= 0.3 is 23.9 Å². The Bertz CT molecular complexity index is 790. The van der Waals surface area contributed by atoms with E-state index in [0.29, 0.717) is 24.0 Å². The zero-order valence-electron chi connectivity index (χ0n) is 18.9. The van der Waals surface area contributed by atoms with Gasteiger partial charge in [-0.2, -0.15) is 0 Å². The van der Waals surface area contributed by atoms with Crippen LogP contribution in [0.2, 0.25) is 0 Å². The molecule has 0 aromatic heterocycles. The summed E-state index contributed by atoms with van der Waals surface area (Å²) in [5.74, 6) is -4.57. The van der Waals surface area contributed by atoms with Crippen molar-refractivity contribution in [3.8, 4) is 0 Å². The highest BCUT2D eigenvalue weighted by molar-refractivity contribution is 5.98. The minimum absolute atomic E-state index is 0.0352. The van der Waals surface area contributed by atoms with Crippen LogP contribution in [0.3, 0.4) is 0 Å². The molecular formula is C24H34O8. The summed E-state index contributed by atoms with van der Waals surface area (Å²) in [6, 6.07) is 2.92. The molecule has 2 saturated carbocycles. The lowest BCUT2D eigenvalue weighted by Crippen LogP contribution is -2.40. The molecule has 8 nitrogen and oxygen atoms in total. The van der Waals surface area contributed by atoms with Gasteiger partial charge in [0.25, 0.3) is 0 Å². The lowest BCUT2D eigenvalue weighted by molar-refractivity contribution is -0.167. The molecule has 2 fully saturated rings. The summed E-state index contributed by atoms with van der Waals surface area (Å²) in [6.45, 7) is 3.14. The molecule has 4 N–H and O–H groups in total. The molecule has 1 aromatic carbocycles. The molecule has 0 aliphatic heterocycles. The number of carbonyl (C=O) groups is 4. The van der Waals surface area contributed by atoms with Crippen LogP contribution >= 0.6 is 0 Å². The number of aromatic carboxylic acids is 2. The predicted molar refractivity (Wildman–Crippen MR) is 118 cm³/mol. The van der Waals surface area contributed by atoms with Crippen LogP contribution in [0.25, 0.3) is 0 Å². The molecule has 0 bridgehead atoms. The van der Waals surface area contributed by atoms with E-state index in [2.05, 4.69) is 0 Å². The summed E-state index contributed by atoms with van der Waals surface area (Å²) >= 11 is 0. The van der Waals surface area contributed by atoms with Crippen molar-refractivity contribution < 1.29 is 39.6 Å². The van der Waals surface area contributed by atoms with E-state index >= 15 is 0 Å². The van der Waals surface area contributed by atoms with Crippen molar-refractivity contribution in [3.63, 3.8) is 0 Å². The van der Waals surface area contributed by atoms with Gasteiger partial charge in [-0.15, -0.1) is 0 Å². The molecule has 0 heterocycles. The quantitative estimate of drug-likeness (QED) is 0.460. The molecule has 178 valence electrons. The number of aryl methyl sites for hydroxylation is 1. The van der Waals surface area contributed by atoms with E-state index in [1.807, 2.05) is 0 Å². The van der Waals surface area contributed by atoms with E-state index in [9.17, 15) is 19.2 Å². The van der Waals surface area contributed by atoms with Crippen LogP contribution in [-0.4, -0.2) is 44.3 Å². The van der Waals surface area contributed by atoms with E-state index in [0.717, 1.165) is 6.42 Å². The number of rotatable bonds is 4. The fourth-order valence-electron chi connectivity index (χ4n) is 4.14. The van der Waals surface area contributed by atoms with Gasteiger partial charge < -0.3 is 20.4 Å². The van der Waals surface area contributed by atoms with E-state index < -0.39 is 29.3 Å². The second kappa shape index (κ2) is 12.8. The molecular weight excluding hydrogens is 416 g/mol. The topological polar surface area (TPSA) is 149 Å². The van der Waals surface area contributed by atoms with Crippen LogP contribution in [0.1, 0.15) is 102 Å². The normalized spacial score (nSPS) is 16.9. The zero-order chi connectivity index (χ0) is 24.3. The molecule has 8 heteroatoms. The van der Waals surface area contributed by atoms with Gasteiger partial charge in [-0.1, -0.05) is 63.9 Å². The third-order valence-electron chi connectivity index (χ3n) is 6.14. The van der Waals surface area contributed by atoms with Crippen LogP contribution in [-0.2, 0) is 9.59 Å². The molecule has 0 spiro atoms. The first kappa shape index (κ1) is 27.1. The molecule has 32 heavy (non-hydrogen) atoms. The van der Waals surface area contributed by atoms with Crippen LogP contribution in [0.5, 0.6) is 0 Å². The lowest BCUT2D eigenvalue weighted by atomic mass is 9.74. The van der Waals surface area contributed by atoms with Gasteiger partial charge in [0.15, 0.2) is 5.41 Å². The maximum absolute atomic E-state index is 10.8. The smallest absolute Gasteiger partial charge is 0.336 e. The van der Waals surface area contributed by atoms with Gasteiger partial charge in [-0.3, -0.25) is 9.59 Å². The van der Waals surface area contributed by atoms with E-state index in [1.54, 1.807) is 6.92 Å². The highest BCUT2D eigenvalue weighted by atomic mass is 16.4. The lowest BCUT2D eigenvalue weighted by Gasteiger charge is -2.28. The molecule has 1 aromatic rings. The van der Waals surface area contributed by atoms with Crippen molar-refractivity contribution in [2.24, 2.45) is 5.41 Å². The largest absolute Gasteiger partial charge is 0.480 e. The Morgan fingerprint density at radius 3 is 1.38 bits per heavy atom. The Hall–Kier alpha value is -2.90. The molecule has 0 radical (unpaired) electrons. The summed E-state index contributed by atoms with van der Waals surface area (Å²) in [5.41, 5.74) is -0.513. The number of carboxylic acid groups (broad SMARTS) is 4. The highest BCUT2D eigenvalue weighted by Crippen LogP contribution is 2.36. The summed E-state index contributed by atoms with van der Waals surface area (Å²) in [6.07, 6.45) is 11.9. The third kappa shape index (κ3) is 7.35. The van der Waals surface area contributed by atoms with Crippen molar-refractivity contribution in [1.29, 1.82) is 0 Å². The first-order valence-electron chi connectivity index (χ1n) is 11.1. The van der Waals surface area contributed by atoms with Gasteiger partial charge in [-0.25, -0.2) is 9.59 Å². The van der Waals surface area contributed by atoms with E-state index in [1.165, 1.54) is 57.6 Å². The molecule has 2 aliphatic rings. The Kier molecular flexibility index (Phi) is 10.9. The fourth-order valence-corrected chi connectivity index (χ4v) is 4.14. The Morgan fingerprint density at radius 2 is 1.06 bits per heavy atom. The Morgan fingerprint density at radius 1 is 0.656 bits per heavy atom. The molecule has 0 saturated heterocycles. The molecule has 2 aliphatic carbocycles. The first-order chi connectivity index (χ1) is 15.0. The summed E-state index contributed by atoms with van der Waals surface area (Å²) < 4.78 is 0. The van der Waals surface area contributed by atoms with Crippen molar-refractivity contribution in [1.82, 2.24) is 0 Å². The zero-order valence-corrected chi connectivity index (χ0v) is 18.9. The summed E-state index contributed by atoms with van der Waals surface area (Å²) in [7, 11) is 0. The Labute approximate surface area is 188 Å². The minimum Gasteiger partial charge on any atom is -0.480 e.